The first-order valence-electron chi connectivity index (χ1n) is 8.98. The molecular formula is C18H33N3. The first kappa shape index (κ1) is 16.5. The third kappa shape index (κ3) is 3.88. The van der Waals surface area contributed by atoms with Crippen LogP contribution in [0.25, 0.3) is 0 Å². The molecule has 2 rings (SSSR count). The van der Waals surface area contributed by atoms with E-state index >= 15 is 0 Å². The molecule has 3 atom stereocenters. The minimum absolute atomic E-state index is 0.483. The average molecular weight is 291 g/mol. The van der Waals surface area contributed by atoms with Crippen LogP contribution >= 0.6 is 0 Å². The number of nitrogens with one attached hydrogen (secondary N) is 1. The molecule has 0 aliphatic heterocycles. The summed E-state index contributed by atoms with van der Waals surface area (Å²) in [6.45, 7) is 11.0. The monoisotopic (exact) mass is 291 g/mol. The standard InChI is InChI=1S/C18H33N3/c1-5-12-19-18(16-11-9-8-10-15(16)6-2)17-13-14(4)20-21(17)7-3/h13,15-16,18-19H,5-12H2,1-4H3. The number of rotatable bonds is 7. The number of aryl methyl sites for hydroxylation is 2. The van der Waals surface area contributed by atoms with Gasteiger partial charge >= 0.3 is 0 Å². The van der Waals surface area contributed by atoms with E-state index in [0.29, 0.717) is 6.04 Å². The molecule has 0 aromatic carbocycles. The second-order valence-corrected chi connectivity index (χ2v) is 6.57. The Labute approximate surface area is 130 Å². The zero-order valence-corrected chi connectivity index (χ0v) is 14.4. The Morgan fingerprint density at radius 3 is 2.71 bits per heavy atom. The quantitative estimate of drug-likeness (QED) is 0.803. The predicted octanol–water partition coefficient (Wildman–Crippen LogP) is 4.47. The van der Waals surface area contributed by atoms with Gasteiger partial charge < -0.3 is 5.32 Å². The van der Waals surface area contributed by atoms with Crippen molar-refractivity contribution >= 4 is 0 Å². The molecule has 1 aliphatic rings. The molecule has 1 fully saturated rings. The number of aromatic nitrogens is 2. The van der Waals surface area contributed by atoms with E-state index in [9.17, 15) is 0 Å². The zero-order valence-electron chi connectivity index (χ0n) is 14.4. The van der Waals surface area contributed by atoms with E-state index in [2.05, 4.69) is 48.9 Å². The van der Waals surface area contributed by atoms with Crippen molar-refractivity contribution in [2.75, 3.05) is 6.54 Å². The Morgan fingerprint density at radius 2 is 2.05 bits per heavy atom. The van der Waals surface area contributed by atoms with Crippen molar-refractivity contribution in [1.82, 2.24) is 15.1 Å². The molecule has 0 saturated heterocycles. The first-order valence-corrected chi connectivity index (χ1v) is 8.98. The van der Waals surface area contributed by atoms with Gasteiger partial charge in [0.25, 0.3) is 0 Å². The van der Waals surface area contributed by atoms with Gasteiger partial charge in [0, 0.05) is 6.54 Å². The summed E-state index contributed by atoms with van der Waals surface area (Å²) < 4.78 is 2.21. The van der Waals surface area contributed by atoms with Crippen molar-refractivity contribution in [3.63, 3.8) is 0 Å². The molecule has 0 radical (unpaired) electrons. The molecule has 3 unspecified atom stereocenters. The van der Waals surface area contributed by atoms with Gasteiger partial charge in [-0.15, -0.1) is 0 Å². The Morgan fingerprint density at radius 1 is 1.29 bits per heavy atom. The Kier molecular flexibility index (Phi) is 6.28. The fraction of sp³-hybridized carbons (Fsp3) is 0.833. The van der Waals surface area contributed by atoms with Crippen LogP contribution in [0.15, 0.2) is 6.07 Å². The summed E-state index contributed by atoms with van der Waals surface area (Å²) in [5.74, 6) is 1.64. The van der Waals surface area contributed by atoms with E-state index in [-0.39, 0.29) is 0 Å². The van der Waals surface area contributed by atoms with Crippen molar-refractivity contribution in [3.05, 3.63) is 17.5 Å². The van der Waals surface area contributed by atoms with Crippen LogP contribution in [0.4, 0.5) is 0 Å². The van der Waals surface area contributed by atoms with Crippen LogP contribution in [-0.2, 0) is 6.54 Å². The summed E-state index contributed by atoms with van der Waals surface area (Å²) in [6.07, 6.45) is 8.10. The Hall–Kier alpha value is -0.830. The molecule has 1 heterocycles. The molecule has 120 valence electrons. The van der Waals surface area contributed by atoms with Crippen molar-refractivity contribution in [3.8, 4) is 0 Å². The molecule has 3 nitrogen and oxygen atoms in total. The van der Waals surface area contributed by atoms with E-state index in [4.69, 9.17) is 0 Å². The maximum atomic E-state index is 4.68. The lowest BCUT2D eigenvalue weighted by molar-refractivity contribution is 0.170. The van der Waals surface area contributed by atoms with Crippen LogP contribution in [0.1, 0.15) is 76.7 Å². The van der Waals surface area contributed by atoms with Crippen LogP contribution in [-0.4, -0.2) is 16.3 Å². The minimum Gasteiger partial charge on any atom is -0.308 e. The smallest absolute Gasteiger partial charge is 0.0597 e. The summed E-state index contributed by atoms with van der Waals surface area (Å²) in [5, 5.41) is 8.53. The SMILES string of the molecule is CCCNC(c1cc(C)nn1CC)C1CCCCC1CC. The third-order valence-electron chi connectivity index (χ3n) is 5.09. The Bertz CT molecular complexity index is 424. The highest BCUT2D eigenvalue weighted by molar-refractivity contribution is 5.15. The van der Waals surface area contributed by atoms with Gasteiger partial charge in [-0.2, -0.15) is 5.10 Å². The topological polar surface area (TPSA) is 29.9 Å². The number of hydrogen-bond acceptors (Lipinski definition) is 2. The lowest BCUT2D eigenvalue weighted by Gasteiger charge is -2.37. The number of nitrogens with zero attached hydrogens (tertiary/aromatic N) is 2. The molecule has 0 bridgehead atoms. The lowest BCUT2D eigenvalue weighted by Crippen LogP contribution is -2.36. The molecule has 1 aromatic heterocycles. The fourth-order valence-electron chi connectivity index (χ4n) is 4.03. The van der Waals surface area contributed by atoms with E-state index in [1.54, 1.807) is 0 Å². The zero-order chi connectivity index (χ0) is 15.2. The molecule has 1 aliphatic carbocycles. The van der Waals surface area contributed by atoms with E-state index < -0.39 is 0 Å². The molecule has 0 amide bonds. The molecule has 21 heavy (non-hydrogen) atoms. The largest absolute Gasteiger partial charge is 0.308 e. The molecule has 1 aromatic rings. The fourth-order valence-corrected chi connectivity index (χ4v) is 4.03. The summed E-state index contributed by atoms with van der Waals surface area (Å²) in [6, 6.07) is 2.79. The highest BCUT2D eigenvalue weighted by Gasteiger charge is 2.33. The molecule has 1 N–H and O–H groups in total. The summed E-state index contributed by atoms with van der Waals surface area (Å²) in [7, 11) is 0. The minimum atomic E-state index is 0.483. The van der Waals surface area contributed by atoms with Crippen LogP contribution in [0.5, 0.6) is 0 Å². The number of hydrogen-bond donors (Lipinski definition) is 1. The van der Waals surface area contributed by atoms with Gasteiger partial charge in [0.2, 0.25) is 0 Å². The average Bonchev–Trinajstić information content (AvgIpc) is 2.89. The highest BCUT2D eigenvalue weighted by atomic mass is 15.3. The van der Waals surface area contributed by atoms with E-state index in [0.717, 1.165) is 30.6 Å². The molecule has 0 spiro atoms. The second kappa shape index (κ2) is 7.98. The van der Waals surface area contributed by atoms with Gasteiger partial charge in [-0.3, -0.25) is 4.68 Å². The maximum absolute atomic E-state index is 4.68. The van der Waals surface area contributed by atoms with Crippen LogP contribution < -0.4 is 5.32 Å². The summed E-state index contributed by atoms with van der Waals surface area (Å²) in [5.41, 5.74) is 2.56. The van der Waals surface area contributed by atoms with Gasteiger partial charge in [-0.25, -0.2) is 0 Å². The molecule has 3 heteroatoms. The molecular weight excluding hydrogens is 258 g/mol. The van der Waals surface area contributed by atoms with Gasteiger partial charge in [-0.1, -0.05) is 39.5 Å². The van der Waals surface area contributed by atoms with Crippen molar-refractivity contribution in [2.24, 2.45) is 11.8 Å². The van der Waals surface area contributed by atoms with E-state index in [1.807, 2.05) is 0 Å². The van der Waals surface area contributed by atoms with E-state index in [1.165, 1.54) is 44.2 Å². The third-order valence-corrected chi connectivity index (χ3v) is 5.09. The Balaban J connectivity index is 2.27. The molecule has 1 saturated carbocycles. The second-order valence-electron chi connectivity index (χ2n) is 6.57. The van der Waals surface area contributed by atoms with Gasteiger partial charge in [0.15, 0.2) is 0 Å². The normalized spacial score (nSPS) is 24.2. The van der Waals surface area contributed by atoms with Crippen molar-refractivity contribution < 1.29 is 0 Å². The highest BCUT2D eigenvalue weighted by Crippen LogP contribution is 2.40. The summed E-state index contributed by atoms with van der Waals surface area (Å²) >= 11 is 0. The van der Waals surface area contributed by atoms with Crippen molar-refractivity contribution in [1.29, 1.82) is 0 Å². The van der Waals surface area contributed by atoms with Crippen LogP contribution in [0.2, 0.25) is 0 Å². The van der Waals surface area contributed by atoms with Gasteiger partial charge in [0.1, 0.15) is 0 Å². The predicted molar refractivity (Wildman–Crippen MR) is 89.4 cm³/mol. The summed E-state index contributed by atoms with van der Waals surface area (Å²) in [4.78, 5) is 0. The van der Waals surface area contributed by atoms with Gasteiger partial charge in [0.05, 0.1) is 17.4 Å². The first-order chi connectivity index (χ1) is 10.2. The maximum Gasteiger partial charge on any atom is 0.0597 e. The van der Waals surface area contributed by atoms with Gasteiger partial charge in [-0.05, 0) is 51.1 Å². The lowest BCUT2D eigenvalue weighted by atomic mass is 9.73. The van der Waals surface area contributed by atoms with Crippen LogP contribution in [0.3, 0.4) is 0 Å². The van der Waals surface area contributed by atoms with Crippen molar-refractivity contribution in [2.45, 2.75) is 78.8 Å². The van der Waals surface area contributed by atoms with Crippen LogP contribution in [0, 0.1) is 18.8 Å².